The molecule has 2 aromatic carbocycles. The number of sulfonamides is 1. The van der Waals surface area contributed by atoms with E-state index in [1.165, 1.54) is 46.6 Å². The van der Waals surface area contributed by atoms with E-state index < -0.39 is 21.8 Å². The van der Waals surface area contributed by atoms with E-state index in [0.717, 1.165) is 12.8 Å². The van der Waals surface area contributed by atoms with E-state index in [4.69, 9.17) is 23.2 Å². The van der Waals surface area contributed by atoms with Gasteiger partial charge in [-0.3, -0.25) is 9.59 Å². The zero-order chi connectivity index (χ0) is 23.5. The number of hydrogen-bond donors (Lipinski definition) is 1. The Morgan fingerprint density at radius 1 is 1.12 bits per heavy atom. The standard InChI is InChI=1S/C22H25Cl2N3O4S/c1-15-4-3-11-27(13-15)32(30,31)18-8-5-16(6-9-18)22(29)26(2)14-21(28)25-17-7-10-19(23)20(24)12-17/h5-10,12,15H,3-4,11,13-14H2,1-2H3,(H,25,28). The monoisotopic (exact) mass is 497 g/mol. The normalized spacial score (nSPS) is 17.1. The maximum Gasteiger partial charge on any atom is 0.254 e. The molecule has 1 fully saturated rings. The van der Waals surface area contributed by atoms with Crippen LogP contribution in [0.1, 0.15) is 30.1 Å². The Morgan fingerprint density at radius 3 is 2.44 bits per heavy atom. The van der Waals surface area contributed by atoms with Crippen molar-refractivity contribution in [3.63, 3.8) is 0 Å². The number of halogens is 2. The summed E-state index contributed by atoms with van der Waals surface area (Å²) in [5.74, 6) is -0.481. The third-order valence-corrected chi connectivity index (χ3v) is 7.91. The van der Waals surface area contributed by atoms with Crippen LogP contribution in [0.25, 0.3) is 0 Å². The lowest BCUT2D eigenvalue weighted by Gasteiger charge is -2.30. The molecule has 0 saturated carbocycles. The van der Waals surface area contributed by atoms with Gasteiger partial charge in [0.25, 0.3) is 5.91 Å². The van der Waals surface area contributed by atoms with Gasteiger partial charge in [-0.15, -0.1) is 0 Å². The van der Waals surface area contributed by atoms with Crippen LogP contribution in [0.2, 0.25) is 10.0 Å². The maximum atomic E-state index is 12.9. The van der Waals surface area contributed by atoms with Crippen molar-refractivity contribution in [2.45, 2.75) is 24.7 Å². The second-order valence-electron chi connectivity index (χ2n) is 7.97. The van der Waals surface area contributed by atoms with Gasteiger partial charge in [0, 0.05) is 31.4 Å². The summed E-state index contributed by atoms with van der Waals surface area (Å²) in [7, 11) is -2.10. The van der Waals surface area contributed by atoms with Crippen LogP contribution in [0, 0.1) is 5.92 Å². The molecule has 1 unspecified atom stereocenters. The molecule has 2 aromatic rings. The van der Waals surface area contributed by atoms with Gasteiger partial charge in [-0.05, 0) is 61.2 Å². The largest absolute Gasteiger partial charge is 0.332 e. The van der Waals surface area contributed by atoms with Crippen LogP contribution in [-0.2, 0) is 14.8 Å². The first-order chi connectivity index (χ1) is 15.1. The van der Waals surface area contributed by atoms with Crippen LogP contribution in [0.4, 0.5) is 5.69 Å². The zero-order valence-electron chi connectivity index (χ0n) is 17.8. The number of nitrogens with zero attached hydrogens (tertiary/aromatic N) is 2. The number of amides is 2. The molecule has 0 aliphatic carbocycles. The van der Waals surface area contributed by atoms with Gasteiger partial charge >= 0.3 is 0 Å². The fraction of sp³-hybridized carbons (Fsp3) is 0.364. The Balaban J connectivity index is 1.63. The van der Waals surface area contributed by atoms with Gasteiger partial charge in [-0.1, -0.05) is 30.1 Å². The quantitative estimate of drug-likeness (QED) is 0.649. The number of benzene rings is 2. The Labute approximate surface area is 198 Å². The molecule has 0 bridgehead atoms. The van der Waals surface area contributed by atoms with Crippen LogP contribution in [0.5, 0.6) is 0 Å². The van der Waals surface area contributed by atoms with Crippen LogP contribution >= 0.6 is 23.2 Å². The average molecular weight is 498 g/mol. The predicted octanol–water partition coefficient (Wildman–Crippen LogP) is 4.12. The lowest BCUT2D eigenvalue weighted by molar-refractivity contribution is -0.116. The fourth-order valence-electron chi connectivity index (χ4n) is 3.57. The van der Waals surface area contributed by atoms with Crippen molar-refractivity contribution in [1.82, 2.24) is 9.21 Å². The average Bonchev–Trinajstić information content (AvgIpc) is 2.75. The molecule has 1 saturated heterocycles. The number of rotatable bonds is 6. The van der Waals surface area contributed by atoms with E-state index >= 15 is 0 Å². The summed E-state index contributed by atoms with van der Waals surface area (Å²) in [5, 5.41) is 3.34. The minimum Gasteiger partial charge on any atom is -0.332 e. The Kier molecular flexibility index (Phi) is 7.82. The number of nitrogens with one attached hydrogen (secondary N) is 1. The molecule has 0 aromatic heterocycles. The number of hydrogen-bond acceptors (Lipinski definition) is 4. The van der Waals surface area contributed by atoms with Crippen molar-refractivity contribution in [2.24, 2.45) is 5.92 Å². The Hall–Kier alpha value is -2.13. The molecule has 1 aliphatic heterocycles. The molecule has 2 amide bonds. The molecule has 0 spiro atoms. The first-order valence-electron chi connectivity index (χ1n) is 10.2. The molecule has 1 atom stereocenters. The third kappa shape index (κ3) is 5.81. The molecule has 10 heteroatoms. The van der Waals surface area contributed by atoms with Gasteiger partial charge in [0.15, 0.2) is 0 Å². The van der Waals surface area contributed by atoms with Gasteiger partial charge in [0.05, 0.1) is 21.5 Å². The topological polar surface area (TPSA) is 86.8 Å². The highest BCUT2D eigenvalue weighted by Crippen LogP contribution is 2.25. The van der Waals surface area contributed by atoms with Crippen molar-refractivity contribution in [2.75, 3.05) is 32.0 Å². The van der Waals surface area contributed by atoms with Crippen molar-refractivity contribution < 1.29 is 18.0 Å². The molecule has 1 aliphatic rings. The highest BCUT2D eigenvalue weighted by molar-refractivity contribution is 7.89. The zero-order valence-corrected chi connectivity index (χ0v) is 20.2. The van der Waals surface area contributed by atoms with Crippen molar-refractivity contribution >= 4 is 50.7 Å². The molecule has 172 valence electrons. The number of piperidine rings is 1. The molecular weight excluding hydrogens is 473 g/mol. The number of anilines is 1. The summed E-state index contributed by atoms with van der Waals surface area (Å²) >= 11 is 11.8. The minimum atomic E-state index is -3.59. The molecule has 0 radical (unpaired) electrons. The summed E-state index contributed by atoms with van der Waals surface area (Å²) in [6, 6.07) is 10.5. The van der Waals surface area contributed by atoms with Gasteiger partial charge in [0.1, 0.15) is 0 Å². The SMILES string of the molecule is CC1CCCN(S(=O)(=O)c2ccc(C(=O)N(C)CC(=O)Nc3ccc(Cl)c(Cl)c3)cc2)C1. The smallest absolute Gasteiger partial charge is 0.254 e. The molecule has 1 N–H and O–H groups in total. The van der Waals surface area contributed by atoms with Gasteiger partial charge in [-0.2, -0.15) is 4.31 Å². The predicted molar refractivity (Wildman–Crippen MR) is 126 cm³/mol. The van der Waals surface area contributed by atoms with Crippen molar-refractivity contribution in [3.05, 3.63) is 58.1 Å². The van der Waals surface area contributed by atoms with Crippen LogP contribution in [-0.4, -0.2) is 56.1 Å². The van der Waals surface area contributed by atoms with E-state index in [9.17, 15) is 18.0 Å². The van der Waals surface area contributed by atoms with E-state index in [0.29, 0.717) is 40.3 Å². The lowest BCUT2D eigenvalue weighted by atomic mass is 10.0. The minimum absolute atomic E-state index is 0.156. The fourth-order valence-corrected chi connectivity index (χ4v) is 5.46. The number of carbonyl (C=O) groups excluding carboxylic acids is 2. The van der Waals surface area contributed by atoms with Gasteiger partial charge < -0.3 is 10.2 Å². The van der Waals surface area contributed by atoms with E-state index in [-0.39, 0.29) is 11.4 Å². The second-order valence-corrected chi connectivity index (χ2v) is 10.7. The van der Waals surface area contributed by atoms with Gasteiger partial charge in [-0.25, -0.2) is 8.42 Å². The molecular formula is C22H25Cl2N3O4S. The van der Waals surface area contributed by atoms with Crippen molar-refractivity contribution in [1.29, 1.82) is 0 Å². The van der Waals surface area contributed by atoms with Crippen LogP contribution in [0.15, 0.2) is 47.4 Å². The highest BCUT2D eigenvalue weighted by Gasteiger charge is 2.28. The van der Waals surface area contributed by atoms with E-state index in [1.807, 2.05) is 6.92 Å². The maximum absolute atomic E-state index is 12.9. The number of carbonyl (C=O) groups is 2. The highest BCUT2D eigenvalue weighted by atomic mass is 35.5. The molecule has 7 nitrogen and oxygen atoms in total. The van der Waals surface area contributed by atoms with E-state index in [2.05, 4.69) is 5.32 Å². The van der Waals surface area contributed by atoms with E-state index in [1.54, 1.807) is 12.1 Å². The number of likely N-dealkylation sites (N-methyl/N-ethyl adjacent to an activating group) is 1. The second kappa shape index (κ2) is 10.2. The summed E-state index contributed by atoms with van der Waals surface area (Å²) < 4.78 is 27.2. The lowest BCUT2D eigenvalue weighted by Crippen LogP contribution is -2.39. The van der Waals surface area contributed by atoms with Crippen LogP contribution < -0.4 is 5.32 Å². The van der Waals surface area contributed by atoms with Crippen LogP contribution in [0.3, 0.4) is 0 Å². The summed E-state index contributed by atoms with van der Waals surface area (Å²) in [4.78, 5) is 26.4. The summed E-state index contributed by atoms with van der Waals surface area (Å²) in [6.45, 7) is 2.85. The summed E-state index contributed by atoms with van der Waals surface area (Å²) in [6.07, 6.45) is 1.86. The van der Waals surface area contributed by atoms with Crippen molar-refractivity contribution in [3.8, 4) is 0 Å². The Bertz CT molecular complexity index is 1110. The first kappa shape index (κ1) is 24.5. The first-order valence-corrected chi connectivity index (χ1v) is 12.4. The summed E-state index contributed by atoms with van der Waals surface area (Å²) in [5.41, 5.74) is 0.757. The molecule has 3 rings (SSSR count). The molecule has 1 heterocycles. The molecule has 32 heavy (non-hydrogen) atoms. The van der Waals surface area contributed by atoms with Gasteiger partial charge in [0.2, 0.25) is 15.9 Å². The Morgan fingerprint density at radius 2 is 1.81 bits per heavy atom. The third-order valence-electron chi connectivity index (χ3n) is 5.29.